The number of hydrogen-bond donors (Lipinski definition) is 1. The molecule has 0 aromatic heterocycles. The number of carboxylic acids is 1. The Bertz CT molecular complexity index is 707. The first-order valence-electron chi connectivity index (χ1n) is 8.62. The van der Waals surface area contributed by atoms with Gasteiger partial charge in [0.25, 0.3) is 0 Å². The lowest BCUT2D eigenvalue weighted by molar-refractivity contribution is -0.136. The predicted molar refractivity (Wildman–Crippen MR) is 98.7 cm³/mol. The Hall–Kier alpha value is -2.49. The van der Waals surface area contributed by atoms with Gasteiger partial charge in [0.15, 0.2) is 0 Å². The fourth-order valence-corrected chi connectivity index (χ4v) is 2.75. The van der Waals surface area contributed by atoms with Crippen molar-refractivity contribution < 1.29 is 19.4 Å². The zero-order chi connectivity index (χ0) is 18.2. The zero-order valence-corrected chi connectivity index (χ0v) is 15.1. The van der Waals surface area contributed by atoms with E-state index in [4.69, 9.17) is 14.6 Å². The first-order chi connectivity index (χ1) is 12.0. The Morgan fingerprint density at radius 2 is 1.72 bits per heavy atom. The smallest absolute Gasteiger partial charge is 0.303 e. The number of benzene rings is 2. The van der Waals surface area contributed by atoms with Crippen molar-refractivity contribution in [2.75, 3.05) is 13.2 Å². The van der Waals surface area contributed by atoms with Gasteiger partial charge in [-0.1, -0.05) is 32.0 Å². The van der Waals surface area contributed by atoms with Crippen LogP contribution in [0.2, 0.25) is 0 Å². The van der Waals surface area contributed by atoms with Gasteiger partial charge < -0.3 is 14.6 Å². The van der Waals surface area contributed by atoms with Crippen LogP contribution in [0.4, 0.5) is 0 Å². The van der Waals surface area contributed by atoms with Gasteiger partial charge in [-0.05, 0) is 60.2 Å². The Labute approximate surface area is 149 Å². The van der Waals surface area contributed by atoms with Gasteiger partial charge >= 0.3 is 5.97 Å². The lowest BCUT2D eigenvalue weighted by atomic mass is 9.98. The van der Waals surface area contributed by atoms with E-state index in [9.17, 15) is 4.79 Å². The highest BCUT2D eigenvalue weighted by Gasteiger charge is 2.05. The van der Waals surface area contributed by atoms with Crippen molar-refractivity contribution in [2.45, 2.75) is 39.5 Å². The zero-order valence-electron chi connectivity index (χ0n) is 15.1. The molecule has 0 aliphatic rings. The SMILES string of the molecule is Cc1cc(OCCOc2cccc(CCC(=O)O)c2)ccc1C(C)C. The first kappa shape index (κ1) is 18.8. The molecule has 2 rings (SSSR count). The van der Waals surface area contributed by atoms with Crippen LogP contribution >= 0.6 is 0 Å². The molecule has 0 aliphatic carbocycles. The number of aliphatic carboxylic acids is 1. The molecule has 0 bridgehead atoms. The molecule has 0 saturated carbocycles. The van der Waals surface area contributed by atoms with Crippen molar-refractivity contribution in [3.05, 3.63) is 59.2 Å². The van der Waals surface area contributed by atoms with E-state index in [1.165, 1.54) is 11.1 Å². The van der Waals surface area contributed by atoms with Crippen molar-refractivity contribution in [3.8, 4) is 11.5 Å². The van der Waals surface area contributed by atoms with E-state index in [1.54, 1.807) is 0 Å². The van der Waals surface area contributed by atoms with Crippen LogP contribution in [0.15, 0.2) is 42.5 Å². The van der Waals surface area contributed by atoms with E-state index in [1.807, 2.05) is 30.3 Å². The van der Waals surface area contributed by atoms with Crippen LogP contribution in [0.25, 0.3) is 0 Å². The first-order valence-corrected chi connectivity index (χ1v) is 8.62. The Morgan fingerprint density at radius 1 is 1.04 bits per heavy atom. The number of carboxylic acid groups (broad SMARTS) is 1. The summed E-state index contributed by atoms with van der Waals surface area (Å²) in [4.78, 5) is 10.6. The minimum absolute atomic E-state index is 0.123. The summed E-state index contributed by atoms with van der Waals surface area (Å²) in [6, 6.07) is 13.7. The Morgan fingerprint density at radius 3 is 2.32 bits per heavy atom. The summed E-state index contributed by atoms with van der Waals surface area (Å²) in [5.41, 5.74) is 3.53. The van der Waals surface area contributed by atoms with Gasteiger partial charge in [-0.15, -0.1) is 0 Å². The van der Waals surface area contributed by atoms with Crippen LogP contribution in [0.3, 0.4) is 0 Å². The molecule has 0 fully saturated rings. The van der Waals surface area contributed by atoms with E-state index in [-0.39, 0.29) is 6.42 Å². The van der Waals surface area contributed by atoms with E-state index in [0.29, 0.717) is 25.6 Å². The van der Waals surface area contributed by atoms with Crippen molar-refractivity contribution in [1.29, 1.82) is 0 Å². The number of hydrogen-bond acceptors (Lipinski definition) is 3. The predicted octanol–water partition coefficient (Wildman–Crippen LogP) is 4.59. The minimum atomic E-state index is -0.793. The van der Waals surface area contributed by atoms with Crippen LogP contribution < -0.4 is 9.47 Å². The average Bonchev–Trinajstić information content (AvgIpc) is 2.57. The van der Waals surface area contributed by atoms with Crippen LogP contribution in [0, 0.1) is 6.92 Å². The molecule has 0 heterocycles. The van der Waals surface area contributed by atoms with Crippen molar-refractivity contribution >= 4 is 5.97 Å². The van der Waals surface area contributed by atoms with Gasteiger partial charge in [0.1, 0.15) is 24.7 Å². The second kappa shape index (κ2) is 9.11. The van der Waals surface area contributed by atoms with Gasteiger partial charge in [0.2, 0.25) is 0 Å². The van der Waals surface area contributed by atoms with Crippen molar-refractivity contribution in [2.24, 2.45) is 0 Å². The molecule has 25 heavy (non-hydrogen) atoms. The summed E-state index contributed by atoms with van der Waals surface area (Å²) in [7, 11) is 0. The van der Waals surface area contributed by atoms with Crippen LogP contribution in [-0.2, 0) is 11.2 Å². The van der Waals surface area contributed by atoms with Crippen molar-refractivity contribution in [1.82, 2.24) is 0 Å². The Balaban J connectivity index is 1.80. The van der Waals surface area contributed by atoms with Crippen LogP contribution in [-0.4, -0.2) is 24.3 Å². The van der Waals surface area contributed by atoms with Crippen LogP contribution in [0.1, 0.15) is 42.9 Å². The minimum Gasteiger partial charge on any atom is -0.490 e. The lowest BCUT2D eigenvalue weighted by Crippen LogP contribution is -2.09. The van der Waals surface area contributed by atoms with Crippen LogP contribution in [0.5, 0.6) is 11.5 Å². The highest BCUT2D eigenvalue weighted by Crippen LogP contribution is 2.23. The molecule has 2 aromatic carbocycles. The summed E-state index contributed by atoms with van der Waals surface area (Å²) in [6.07, 6.45) is 0.628. The fraction of sp³-hybridized carbons (Fsp3) is 0.381. The molecule has 2 aromatic rings. The topological polar surface area (TPSA) is 55.8 Å². The largest absolute Gasteiger partial charge is 0.490 e. The average molecular weight is 342 g/mol. The maximum absolute atomic E-state index is 10.6. The maximum atomic E-state index is 10.6. The van der Waals surface area contributed by atoms with E-state index >= 15 is 0 Å². The molecule has 0 aliphatic heterocycles. The highest BCUT2D eigenvalue weighted by molar-refractivity contribution is 5.67. The molecule has 4 nitrogen and oxygen atoms in total. The molecule has 4 heteroatoms. The summed E-state index contributed by atoms with van der Waals surface area (Å²) >= 11 is 0. The van der Waals surface area contributed by atoms with Gasteiger partial charge in [0, 0.05) is 6.42 Å². The normalized spacial score (nSPS) is 10.7. The van der Waals surface area contributed by atoms with Gasteiger partial charge in [-0.3, -0.25) is 4.79 Å². The number of ether oxygens (including phenoxy) is 2. The molecule has 0 spiro atoms. The molecule has 0 atom stereocenters. The third kappa shape index (κ3) is 6.14. The van der Waals surface area contributed by atoms with Gasteiger partial charge in [-0.2, -0.15) is 0 Å². The number of rotatable bonds is 9. The Kier molecular flexibility index (Phi) is 6.87. The summed E-state index contributed by atoms with van der Waals surface area (Å²) in [5, 5.41) is 8.74. The molecular weight excluding hydrogens is 316 g/mol. The molecule has 134 valence electrons. The maximum Gasteiger partial charge on any atom is 0.303 e. The molecule has 0 amide bonds. The van der Waals surface area contributed by atoms with E-state index < -0.39 is 5.97 Å². The standard InChI is InChI=1S/C21H26O4/c1-15(2)20-9-8-19(13-16(20)3)25-12-11-24-18-6-4-5-17(14-18)7-10-21(22)23/h4-6,8-9,13-15H,7,10-12H2,1-3H3,(H,22,23). The highest BCUT2D eigenvalue weighted by atomic mass is 16.5. The van der Waals surface area contributed by atoms with Crippen molar-refractivity contribution in [3.63, 3.8) is 0 Å². The quantitative estimate of drug-likeness (QED) is 0.677. The molecule has 0 unspecified atom stereocenters. The molecule has 0 saturated heterocycles. The second-order valence-corrected chi connectivity index (χ2v) is 6.41. The van der Waals surface area contributed by atoms with E-state index in [2.05, 4.69) is 32.9 Å². The second-order valence-electron chi connectivity index (χ2n) is 6.41. The molecule has 0 radical (unpaired) electrons. The summed E-state index contributed by atoms with van der Waals surface area (Å²) < 4.78 is 11.4. The monoisotopic (exact) mass is 342 g/mol. The summed E-state index contributed by atoms with van der Waals surface area (Å²) in [5.74, 6) is 1.29. The van der Waals surface area contributed by atoms with Gasteiger partial charge in [0.05, 0.1) is 0 Å². The van der Waals surface area contributed by atoms with E-state index in [0.717, 1.165) is 17.1 Å². The molecule has 1 N–H and O–H groups in total. The number of aryl methyl sites for hydroxylation is 2. The van der Waals surface area contributed by atoms with Gasteiger partial charge in [-0.25, -0.2) is 0 Å². The third-order valence-electron chi connectivity index (χ3n) is 4.01. The molecular formula is C21H26O4. The third-order valence-corrected chi connectivity index (χ3v) is 4.01. The fourth-order valence-electron chi connectivity index (χ4n) is 2.75. The summed E-state index contributed by atoms with van der Waals surface area (Å²) in [6.45, 7) is 7.36. The number of carbonyl (C=O) groups is 1. The lowest BCUT2D eigenvalue weighted by Gasteiger charge is -2.13.